The molecule has 14 nitrogen and oxygen atoms in total. The Hall–Kier alpha value is -2.31. The SMILES string of the molecule is CC/C=C\C/C=C\C/C=C\CCCCCCCCOCC(COC1OC(COC2OC(CO)C(O)C(O)C2O)C(O)C(O)C1O)OC(=O)CCCCCCCCCCC/C=C\C/C=C\CCCCCCC. The summed E-state index contributed by atoms with van der Waals surface area (Å²) < 4.78 is 34.3. The molecule has 71 heavy (non-hydrogen) atoms. The first-order valence-electron chi connectivity index (χ1n) is 27.9. The number of hydrogen-bond acceptors (Lipinski definition) is 14. The predicted octanol–water partition coefficient (Wildman–Crippen LogP) is 9.30. The third kappa shape index (κ3) is 31.2. The van der Waals surface area contributed by atoms with Crippen molar-refractivity contribution in [3.8, 4) is 0 Å². The topological polar surface area (TPSA) is 214 Å². The lowest BCUT2D eigenvalue weighted by Crippen LogP contribution is -2.61. The zero-order valence-electron chi connectivity index (χ0n) is 43.9. The van der Waals surface area contributed by atoms with Crippen LogP contribution in [-0.2, 0) is 33.2 Å². The van der Waals surface area contributed by atoms with Crippen molar-refractivity contribution < 1.29 is 69.0 Å². The first-order valence-corrected chi connectivity index (χ1v) is 27.9. The minimum Gasteiger partial charge on any atom is -0.457 e. The van der Waals surface area contributed by atoms with Crippen LogP contribution in [0.25, 0.3) is 0 Å². The van der Waals surface area contributed by atoms with Gasteiger partial charge in [0.25, 0.3) is 0 Å². The molecule has 0 radical (unpaired) electrons. The maximum absolute atomic E-state index is 13.1. The molecule has 2 heterocycles. The van der Waals surface area contributed by atoms with Crippen molar-refractivity contribution >= 4 is 5.97 Å². The molecule has 0 aromatic carbocycles. The number of rotatable bonds is 44. The second-order valence-corrected chi connectivity index (χ2v) is 19.4. The fourth-order valence-electron chi connectivity index (χ4n) is 8.51. The predicted molar refractivity (Wildman–Crippen MR) is 279 cm³/mol. The molecule has 2 rings (SSSR count). The van der Waals surface area contributed by atoms with Gasteiger partial charge in [0, 0.05) is 13.0 Å². The molecule has 14 heteroatoms. The number of hydrogen-bond donors (Lipinski definition) is 7. The van der Waals surface area contributed by atoms with Crippen LogP contribution in [0, 0.1) is 0 Å². The number of esters is 1. The molecule has 0 amide bonds. The Kier molecular flexibility index (Phi) is 40.2. The maximum atomic E-state index is 13.1. The number of aliphatic hydroxyl groups is 7. The average Bonchev–Trinajstić information content (AvgIpc) is 3.37. The third-order valence-electron chi connectivity index (χ3n) is 13.0. The van der Waals surface area contributed by atoms with Crippen LogP contribution in [0.15, 0.2) is 60.8 Å². The van der Waals surface area contributed by atoms with E-state index < -0.39 is 80.7 Å². The first-order chi connectivity index (χ1) is 34.6. The summed E-state index contributed by atoms with van der Waals surface area (Å²) >= 11 is 0. The van der Waals surface area contributed by atoms with Crippen LogP contribution in [0.5, 0.6) is 0 Å². The van der Waals surface area contributed by atoms with Crippen LogP contribution < -0.4 is 0 Å². The highest BCUT2D eigenvalue weighted by Crippen LogP contribution is 2.26. The molecule has 2 aliphatic heterocycles. The van der Waals surface area contributed by atoms with Gasteiger partial charge >= 0.3 is 5.97 Å². The summed E-state index contributed by atoms with van der Waals surface area (Å²) in [5, 5.41) is 72.3. The molecule has 0 aliphatic carbocycles. The highest BCUT2D eigenvalue weighted by molar-refractivity contribution is 5.69. The second-order valence-electron chi connectivity index (χ2n) is 19.4. The van der Waals surface area contributed by atoms with Crippen molar-refractivity contribution in [3.63, 3.8) is 0 Å². The largest absolute Gasteiger partial charge is 0.457 e. The van der Waals surface area contributed by atoms with Gasteiger partial charge in [-0.1, -0.05) is 171 Å². The summed E-state index contributed by atoms with van der Waals surface area (Å²) in [6.07, 6.45) is 37.0. The van der Waals surface area contributed by atoms with E-state index in [0.717, 1.165) is 83.5 Å². The Balaban J connectivity index is 1.74. The molecule has 0 aromatic heterocycles. The van der Waals surface area contributed by atoms with Gasteiger partial charge in [-0.25, -0.2) is 0 Å². The van der Waals surface area contributed by atoms with E-state index in [1.165, 1.54) is 83.5 Å². The normalized spacial score (nSPS) is 25.8. The van der Waals surface area contributed by atoms with Crippen LogP contribution >= 0.6 is 0 Å². The van der Waals surface area contributed by atoms with Crippen LogP contribution in [0.2, 0.25) is 0 Å². The molecule has 11 unspecified atom stereocenters. The van der Waals surface area contributed by atoms with Gasteiger partial charge in [-0.15, -0.1) is 0 Å². The molecule has 2 aliphatic rings. The molecule has 11 atom stereocenters. The molecule has 0 aromatic rings. The van der Waals surface area contributed by atoms with E-state index in [1.807, 2.05) is 0 Å². The van der Waals surface area contributed by atoms with E-state index in [4.69, 9.17) is 28.4 Å². The Bertz CT molecular complexity index is 1400. The molecule has 2 saturated heterocycles. The zero-order valence-corrected chi connectivity index (χ0v) is 43.9. The second kappa shape index (κ2) is 44.0. The van der Waals surface area contributed by atoms with Gasteiger partial charge in [0.1, 0.15) is 54.9 Å². The van der Waals surface area contributed by atoms with Gasteiger partial charge in [0.2, 0.25) is 0 Å². The Morgan fingerprint density at radius 2 is 0.915 bits per heavy atom. The molecular formula is C57H100O14. The molecule has 7 N–H and O–H groups in total. The summed E-state index contributed by atoms with van der Waals surface area (Å²) in [7, 11) is 0. The highest BCUT2D eigenvalue weighted by atomic mass is 16.7. The average molecular weight is 1010 g/mol. The van der Waals surface area contributed by atoms with Gasteiger partial charge in [-0.05, 0) is 77.0 Å². The number of carbonyl (C=O) groups is 1. The lowest BCUT2D eigenvalue weighted by Gasteiger charge is -2.42. The molecule has 2 fully saturated rings. The van der Waals surface area contributed by atoms with E-state index in [2.05, 4.69) is 74.6 Å². The molecule has 0 saturated carbocycles. The van der Waals surface area contributed by atoms with Crippen LogP contribution in [-0.4, -0.2) is 142 Å². The fraction of sp³-hybridized carbons (Fsp3) is 0.807. The molecule has 412 valence electrons. The molecule has 0 spiro atoms. The van der Waals surface area contributed by atoms with Crippen LogP contribution in [0.4, 0.5) is 0 Å². The zero-order chi connectivity index (χ0) is 51.6. The summed E-state index contributed by atoms with van der Waals surface area (Å²) in [4.78, 5) is 13.1. The van der Waals surface area contributed by atoms with E-state index in [9.17, 15) is 40.5 Å². The van der Waals surface area contributed by atoms with Crippen molar-refractivity contribution in [2.24, 2.45) is 0 Å². The van der Waals surface area contributed by atoms with Crippen LogP contribution in [0.1, 0.15) is 194 Å². The number of allylic oxidation sites excluding steroid dienone is 10. The Morgan fingerprint density at radius 1 is 0.479 bits per heavy atom. The third-order valence-corrected chi connectivity index (χ3v) is 13.0. The van der Waals surface area contributed by atoms with Gasteiger partial charge in [0.15, 0.2) is 12.6 Å². The summed E-state index contributed by atoms with van der Waals surface area (Å²) in [5.74, 6) is -0.386. The van der Waals surface area contributed by atoms with Gasteiger partial charge in [-0.3, -0.25) is 4.79 Å². The Labute approximate surface area is 428 Å². The lowest BCUT2D eigenvalue weighted by molar-refractivity contribution is -0.332. The summed E-state index contributed by atoms with van der Waals surface area (Å²) in [6.45, 7) is 3.53. The van der Waals surface area contributed by atoms with E-state index in [-0.39, 0.29) is 25.6 Å². The quantitative estimate of drug-likeness (QED) is 0.0172. The minimum absolute atomic E-state index is 0.0489. The first kappa shape index (κ1) is 64.8. The van der Waals surface area contributed by atoms with E-state index >= 15 is 0 Å². The Morgan fingerprint density at radius 3 is 1.44 bits per heavy atom. The van der Waals surface area contributed by atoms with Gasteiger partial charge in [-0.2, -0.15) is 0 Å². The lowest BCUT2D eigenvalue weighted by atomic mass is 9.98. The fourth-order valence-corrected chi connectivity index (χ4v) is 8.51. The van der Waals surface area contributed by atoms with E-state index in [0.29, 0.717) is 13.0 Å². The highest BCUT2D eigenvalue weighted by Gasteiger charge is 2.47. The number of ether oxygens (including phenoxy) is 6. The summed E-state index contributed by atoms with van der Waals surface area (Å²) in [5.41, 5.74) is 0. The van der Waals surface area contributed by atoms with Crippen molar-refractivity contribution in [1.29, 1.82) is 0 Å². The van der Waals surface area contributed by atoms with Gasteiger partial charge in [0.05, 0.1) is 26.4 Å². The standard InChI is InChI=1S/C57H100O14/c1-3-5-7-9-11-13-15-17-19-21-22-23-24-25-26-28-30-32-34-36-38-40-49(59)69-46(43-66-41-39-37-35-33-31-29-27-20-18-16-14-12-10-8-6-4-2)44-67-56-55(65)53(63)51(61)48(71-56)45-68-57-54(64)52(62)50(60)47(42-58)70-57/h6,8,12,14-15,17-18,20-22,46-48,50-58,60-65H,3-5,7,9-11,13,16,19,23-45H2,1-2H3/b8-6-,14-12-,17-15-,20-18-,22-21-. The van der Waals surface area contributed by atoms with Crippen molar-refractivity contribution in [2.75, 3.05) is 33.0 Å². The van der Waals surface area contributed by atoms with Crippen LogP contribution in [0.3, 0.4) is 0 Å². The molecule has 0 bridgehead atoms. The number of aliphatic hydroxyl groups excluding tert-OH is 7. The number of carbonyl (C=O) groups excluding carboxylic acids is 1. The maximum Gasteiger partial charge on any atom is 0.306 e. The molecular weight excluding hydrogens is 909 g/mol. The van der Waals surface area contributed by atoms with E-state index in [1.54, 1.807) is 0 Å². The van der Waals surface area contributed by atoms with Gasteiger partial charge < -0.3 is 64.2 Å². The van der Waals surface area contributed by atoms with Crippen molar-refractivity contribution in [2.45, 2.75) is 261 Å². The summed E-state index contributed by atoms with van der Waals surface area (Å²) in [6, 6.07) is 0. The number of unbranched alkanes of at least 4 members (excludes halogenated alkanes) is 20. The minimum atomic E-state index is -1.71. The smallest absolute Gasteiger partial charge is 0.306 e. The van der Waals surface area contributed by atoms with Crippen molar-refractivity contribution in [1.82, 2.24) is 0 Å². The monoisotopic (exact) mass is 1010 g/mol. The van der Waals surface area contributed by atoms with Crippen molar-refractivity contribution in [3.05, 3.63) is 60.8 Å².